The molecule has 3 atom stereocenters. The van der Waals surface area contributed by atoms with Crippen molar-refractivity contribution in [2.24, 2.45) is 0 Å². The van der Waals surface area contributed by atoms with Crippen molar-refractivity contribution in [3.8, 4) is 0 Å². The average Bonchev–Trinajstić information content (AvgIpc) is 2.98. The van der Waals surface area contributed by atoms with Crippen molar-refractivity contribution in [1.82, 2.24) is 0 Å². The van der Waals surface area contributed by atoms with Crippen LogP contribution in [0.15, 0.2) is 60.7 Å². The minimum absolute atomic E-state index is 0.307. The second kappa shape index (κ2) is 7.93. The van der Waals surface area contributed by atoms with Crippen molar-refractivity contribution in [1.29, 1.82) is 0 Å². The molecule has 0 bridgehead atoms. The van der Waals surface area contributed by atoms with E-state index in [-0.39, 0.29) is 0 Å². The summed E-state index contributed by atoms with van der Waals surface area (Å²) < 4.78 is 16.0. The maximum atomic E-state index is 12.5. The Morgan fingerprint density at radius 1 is 0.885 bits per heavy atom. The highest BCUT2D eigenvalue weighted by atomic mass is 16.7. The van der Waals surface area contributed by atoms with Gasteiger partial charge in [0.1, 0.15) is 6.10 Å². The molecular formula is C20H18O6. The Kier molecular flexibility index (Phi) is 5.43. The Labute approximate surface area is 150 Å². The van der Waals surface area contributed by atoms with Crippen molar-refractivity contribution < 1.29 is 28.6 Å². The quantitative estimate of drug-likeness (QED) is 0.768. The number of esters is 2. The summed E-state index contributed by atoms with van der Waals surface area (Å²) in [5.41, 5.74) is 0.640. The highest BCUT2D eigenvalue weighted by molar-refractivity contribution is 5.97. The van der Waals surface area contributed by atoms with Crippen LogP contribution in [0.5, 0.6) is 0 Å². The third-order valence-electron chi connectivity index (χ3n) is 4.02. The Morgan fingerprint density at radius 2 is 1.38 bits per heavy atom. The lowest BCUT2D eigenvalue weighted by molar-refractivity contribution is -0.145. The number of hydrogen-bond donors (Lipinski definition) is 0. The summed E-state index contributed by atoms with van der Waals surface area (Å²) in [5.74, 6) is -1.87. The fraction of sp³-hybridized carbons (Fsp3) is 0.250. The van der Waals surface area contributed by atoms with Crippen molar-refractivity contribution in [3.05, 3.63) is 71.8 Å². The van der Waals surface area contributed by atoms with Gasteiger partial charge in [-0.1, -0.05) is 43.3 Å². The Morgan fingerprint density at radius 3 is 1.88 bits per heavy atom. The maximum Gasteiger partial charge on any atom is 0.340 e. The molecule has 0 aromatic heterocycles. The van der Waals surface area contributed by atoms with Gasteiger partial charge < -0.3 is 14.2 Å². The first-order valence-corrected chi connectivity index (χ1v) is 8.31. The molecule has 1 unspecified atom stereocenters. The smallest absolute Gasteiger partial charge is 0.340 e. The molecule has 1 heterocycles. The minimum atomic E-state index is -1.39. The molecule has 0 N–H and O–H groups in total. The summed E-state index contributed by atoms with van der Waals surface area (Å²) in [7, 11) is 0. The van der Waals surface area contributed by atoms with Gasteiger partial charge in [-0.2, -0.15) is 0 Å². The van der Waals surface area contributed by atoms with Crippen LogP contribution in [-0.2, 0) is 19.0 Å². The zero-order valence-corrected chi connectivity index (χ0v) is 14.2. The van der Waals surface area contributed by atoms with Crippen LogP contribution in [0.3, 0.4) is 0 Å². The number of hydrogen-bond acceptors (Lipinski definition) is 6. The molecule has 0 amide bonds. The van der Waals surface area contributed by atoms with Gasteiger partial charge in [0.2, 0.25) is 5.78 Å². The van der Waals surface area contributed by atoms with E-state index >= 15 is 0 Å². The van der Waals surface area contributed by atoms with Gasteiger partial charge in [0.05, 0.1) is 11.1 Å². The van der Waals surface area contributed by atoms with E-state index in [1.165, 1.54) is 0 Å². The summed E-state index contributed by atoms with van der Waals surface area (Å²) in [6, 6.07) is 16.6. The van der Waals surface area contributed by atoms with Crippen molar-refractivity contribution in [2.75, 3.05) is 0 Å². The normalized spacial score (nSPS) is 22.0. The lowest BCUT2D eigenvalue weighted by Gasteiger charge is -2.15. The first-order chi connectivity index (χ1) is 12.6. The summed E-state index contributed by atoms with van der Waals surface area (Å²) in [6.07, 6.45) is -2.73. The van der Waals surface area contributed by atoms with Gasteiger partial charge in [-0.3, -0.25) is 4.79 Å². The summed E-state index contributed by atoms with van der Waals surface area (Å²) in [4.78, 5) is 36.9. The fourth-order valence-corrected chi connectivity index (χ4v) is 2.64. The Balaban J connectivity index is 1.69. The third-order valence-corrected chi connectivity index (χ3v) is 4.02. The highest BCUT2D eigenvalue weighted by Crippen LogP contribution is 2.25. The van der Waals surface area contributed by atoms with Crippen LogP contribution in [0.25, 0.3) is 0 Å². The molecule has 1 aliphatic heterocycles. The zero-order valence-electron chi connectivity index (χ0n) is 14.2. The maximum absolute atomic E-state index is 12.5. The lowest BCUT2D eigenvalue weighted by Crippen LogP contribution is -2.34. The molecule has 2 aromatic rings. The fourth-order valence-electron chi connectivity index (χ4n) is 2.64. The lowest BCUT2D eigenvalue weighted by atomic mass is 10.1. The highest BCUT2D eigenvalue weighted by Gasteiger charge is 2.47. The molecule has 26 heavy (non-hydrogen) atoms. The van der Waals surface area contributed by atoms with Crippen LogP contribution in [0.1, 0.15) is 34.1 Å². The predicted octanol–water partition coefficient (Wildman–Crippen LogP) is 2.77. The topological polar surface area (TPSA) is 78.9 Å². The van der Waals surface area contributed by atoms with Gasteiger partial charge in [0, 0.05) is 0 Å². The number of Topliss-reactive ketones (excluding diaryl/α,β-unsaturated/α-hetero) is 1. The number of benzene rings is 2. The van der Waals surface area contributed by atoms with Crippen molar-refractivity contribution in [2.45, 2.75) is 31.8 Å². The first kappa shape index (κ1) is 17.8. The SMILES string of the molecule is CC[C@H]1O[C@@H](OC(=O)c2ccccc2)C(=O)C1OC(=O)c1ccccc1. The number of rotatable bonds is 5. The zero-order chi connectivity index (χ0) is 18.5. The van der Waals surface area contributed by atoms with Gasteiger partial charge in [-0.25, -0.2) is 9.59 Å². The molecule has 0 saturated carbocycles. The van der Waals surface area contributed by atoms with Gasteiger partial charge >= 0.3 is 11.9 Å². The van der Waals surface area contributed by atoms with Crippen molar-refractivity contribution in [3.63, 3.8) is 0 Å². The van der Waals surface area contributed by atoms with E-state index in [1.807, 2.05) is 0 Å². The van der Waals surface area contributed by atoms with Crippen molar-refractivity contribution >= 4 is 17.7 Å². The molecular weight excluding hydrogens is 336 g/mol. The van der Waals surface area contributed by atoms with E-state index in [1.54, 1.807) is 67.6 Å². The molecule has 3 rings (SSSR count). The average molecular weight is 354 g/mol. The molecule has 2 aromatic carbocycles. The van der Waals surface area contributed by atoms with E-state index in [9.17, 15) is 14.4 Å². The van der Waals surface area contributed by atoms with Crippen LogP contribution >= 0.6 is 0 Å². The molecule has 1 aliphatic rings. The molecule has 1 saturated heterocycles. The molecule has 0 aliphatic carbocycles. The van der Waals surface area contributed by atoms with Crippen LogP contribution in [0.2, 0.25) is 0 Å². The molecule has 0 spiro atoms. The van der Waals surface area contributed by atoms with Gasteiger partial charge in [0.15, 0.2) is 6.10 Å². The monoisotopic (exact) mass is 354 g/mol. The molecule has 6 nitrogen and oxygen atoms in total. The molecule has 6 heteroatoms. The van der Waals surface area contributed by atoms with E-state index in [0.29, 0.717) is 17.5 Å². The van der Waals surface area contributed by atoms with E-state index in [4.69, 9.17) is 14.2 Å². The third kappa shape index (κ3) is 3.81. The Hall–Kier alpha value is -2.99. The summed E-state index contributed by atoms with van der Waals surface area (Å²) in [5, 5.41) is 0. The van der Waals surface area contributed by atoms with Crippen LogP contribution in [0, 0.1) is 0 Å². The second-order valence-electron chi connectivity index (χ2n) is 5.78. The second-order valence-corrected chi connectivity index (χ2v) is 5.78. The largest absolute Gasteiger partial charge is 0.448 e. The van der Waals surface area contributed by atoms with Gasteiger partial charge in [0.25, 0.3) is 6.29 Å². The number of ether oxygens (including phenoxy) is 3. The van der Waals surface area contributed by atoms with Crippen LogP contribution in [-0.4, -0.2) is 36.2 Å². The van der Waals surface area contributed by atoms with E-state index < -0.39 is 36.2 Å². The first-order valence-electron chi connectivity index (χ1n) is 8.31. The van der Waals surface area contributed by atoms with Gasteiger partial charge in [-0.05, 0) is 30.7 Å². The number of ketones is 1. The standard InChI is InChI=1S/C20H18O6/c1-2-15-17(25-18(22)13-9-5-3-6-10-13)16(21)20(24-15)26-19(23)14-11-7-4-8-12-14/h3-12,15,17,20H,2H2,1H3/t15-,17?,20+/m1/s1. The Bertz CT molecular complexity index is 786. The minimum Gasteiger partial charge on any atom is -0.448 e. The predicted molar refractivity (Wildman–Crippen MR) is 91.5 cm³/mol. The molecule has 134 valence electrons. The van der Waals surface area contributed by atoms with E-state index in [0.717, 1.165) is 0 Å². The van der Waals surface area contributed by atoms with Gasteiger partial charge in [-0.15, -0.1) is 0 Å². The summed E-state index contributed by atoms with van der Waals surface area (Å²) in [6.45, 7) is 1.79. The van der Waals surface area contributed by atoms with E-state index in [2.05, 4.69) is 0 Å². The molecule has 0 radical (unpaired) electrons. The number of carbonyl (C=O) groups excluding carboxylic acids is 3. The number of carbonyl (C=O) groups is 3. The van der Waals surface area contributed by atoms with Crippen LogP contribution < -0.4 is 0 Å². The summed E-state index contributed by atoms with van der Waals surface area (Å²) >= 11 is 0. The van der Waals surface area contributed by atoms with Crippen LogP contribution in [0.4, 0.5) is 0 Å². The molecule has 1 fully saturated rings.